The van der Waals surface area contributed by atoms with Gasteiger partial charge in [-0.15, -0.1) is 0 Å². The summed E-state index contributed by atoms with van der Waals surface area (Å²) in [6, 6.07) is 19.5. The molecule has 9 heteroatoms. The van der Waals surface area contributed by atoms with Gasteiger partial charge >= 0.3 is 6.09 Å². The predicted molar refractivity (Wildman–Crippen MR) is 137 cm³/mol. The van der Waals surface area contributed by atoms with E-state index in [1.807, 2.05) is 30.3 Å². The zero-order chi connectivity index (χ0) is 26.2. The van der Waals surface area contributed by atoms with Gasteiger partial charge in [0.15, 0.2) is 5.82 Å². The van der Waals surface area contributed by atoms with Crippen molar-refractivity contribution in [2.24, 2.45) is 5.73 Å². The molecule has 0 unspecified atom stereocenters. The number of halogens is 1. The number of rotatable bonds is 7. The highest BCUT2D eigenvalue weighted by Gasteiger charge is 2.58. The fraction of sp³-hybridized carbons (Fsp3) is 0.143. The van der Waals surface area contributed by atoms with E-state index in [1.165, 1.54) is 30.5 Å². The van der Waals surface area contributed by atoms with Crippen molar-refractivity contribution in [2.45, 2.75) is 25.0 Å². The first-order valence-electron chi connectivity index (χ1n) is 11.7. The molecule has 37 heavy (non-hydrogen) atoms. The molecule has 0 saturated carbocycles. The lowest BCUT2D eigenvalue weighted by molar-refractivity contribution is -0.139. The number of allylic oxidation sites excluding steroid dienone is 1. The maximum Gasteiger partial charge on any atom is 0.418 e. The summed E-state index contributed by atoms with van der Waals surface area (Å²) in [6.45, 7) is 1.69. The number of hydrogen-bond acceptors (Lipinski definition) is 6. The molecule has 5 rings (SSSR count). The molecule has 3 aromatic carbocycles. The number of carbonyl (C=O) groups excluding carboxylic acids is 2. The fourth-order valence-corrected chi connectivity index (χ4v) is 4.58. The number of amides is 2. The van der Waals surface area contributed by atoms with E-state index in [0.29, 0.717) is 27.7 Å². The zero-order valence-corrected chi connectivity index (χ0v) is 19.9. The van der Waals surface area contributed by atoms with Crippen LogP contribution in [0.2, 0.25) is 0 Å². The molecule has 0 bridgehead atoms. The lowest BCUT2D eigenvalue weighted by Gasteiger charge is -2.25. The number of cyclic esters (lactones) is 1. The van der Waals surface area contributed by atoms with Gasteiger partial charge in [0.05, 0.1) is 17.1 Å². The number of imidazole rings is 1. The molecule has 1 saturated heterocycles. The van der Waals surface area contributed by atoms with E-state index in [4.69, 9.17) is 15.9 Å². The minimum absolute atomic E-state index is 0.0617. The molecule has 2 amide bonds. The Kier molecular flexibility index (Phi) is 6.04. The highest BCUT2D eigenvalue weighted by molar-refractivity contribution is 6.09. The average Bonchev–Trinajstić information content (AvgIpc) is 3.44. The lowest BCUT2D eigenvalue weighted by atomic mass is 9.92. The molecular weight excluding hydrogens is 473 g/mol. The number of imide groups is 1. The summed E-state index contributed by atoms with van der Waals surface area (Å²) < 4.78 is 19.4. The number of benzene rings is 3. The first kappa shape index (κ1) is 23.9. The molecule has 1 aliphatic heterocycles. The standard InChI is InChI=1S/C28H24FN5O3/c1-17(19-7-10-22(29)11-8-19)34-26(35)28(37-27(34)36,14-18-5-3-2-4-6-18)25-32-23-12-9-20(13-24(23)33-25)21(15-30)16-31/h2-13,15-17,30H,14,31H2,1H3,(H,32,33)/b21-16+,30-15?/t17-,28-/m1/s1. The van der Waals surface area contributed by atoms with Gasteiger partial charge in [-0.2, -0.15) is 0 Å². The summed E-state index contributed by atoms with van der Waals surface area (Å²) in [5.41, 5.74) is 7.60. The molecule has 1 aliphatic rings. The summed E-state index contributed by atoms with van der Waals surface area (Å²) in [6.07, 6.45) is 1.72. The van der Waals surface area contributed by atoms with E-state index in [-0.39, 0.29) is 12.2 Å². The number of nitrogens with two attached hydrogens (primary N) is 1. The normalized spacial score (nSPS) is 18.8. The van der Waals surface area contributed by atoms with Crippen LogP contribution >= 0.6 is 0 Å². The molecule has 4 aromatic rings. The van der Waals surface area contributed by atoms with Crippen molar-refractivity contribution in [1.82, 2.24) is 14.9 Å². The maximum absolute atomic E-state index is 14.1. The van der Waals surface area contributed by atoms with Crippen molar-refractivity contribution in [1.29, 1.82) is 5.41 Å². The molecule has 4 N–H and O–H groups in total. The summed E-state index contributed by atoms with van der Waals surface area (Å²) in [7, 11) is 0. The zero-order valence-electron chi connectivity index (χ0n) is 19.9. The third kappa shape index (κ3) is 4.14. The van der Waals surface area contributed by atoms with Crippen LogP contribution in [0, 0.1) is 11.2 Å². The number of aromatic amines is 1. The Morgan fingerprint density at radius 1 is 1.16 bits per heavy atom. The number of hydrogen-bond donors (Lipinski definition) is 3. The number of nitrogens with one attached hydrogen (secondary N) is 2. The van der Waals surface area contributed by atoms with Crippen LogP contribution in [0.1, 0.15) is 35.5 Å². The maximum atomic E-state index is 14.1. The molecule has 0 aliphatic carbocycles. The summed E-state index contributed by atoms with van der Waals surface area (Å²) >= 11 is 0. The van der Waals surface area contributed by atoms with Crippen LogP contribution in [0.4, 0.5) is 9.18 Å². The molecule has 0 spiro atoms. The molecule has 2 atom stereocenters. The Bertz CT molecular complexity index is 1530. The second-order valence-corrected chi connectivity index (χ2v) is 8.84. The Hall–Kier alpha value is -4.79. The molecule has 2 heterocycles. The van der Waals surface area contributed by atoms with Crippen molar-refractivity contribution in [3.8, 4) is 0 Å². The topological polar surface area (TPSA) is 125 Å². The predicted octanol–water partition coefficient (Wildman–Crippen LogP) is 4.83. The van der Waals surface area contributed by atoms with E-state index in [9.17, 15) is 14.0 Å². The van der Waals surface area contributed by atoms with Crippen LogP contribution in [0.15, 0.2) is 79.0 Å². The van der Waals surface area contributed by atoms with E-state index < -0.39 is 29.5 Å². The highest BCUT2D eigenvalue weighted by atomic mass is 19.1. The Morgan fingerprint density at radius 2 is 1.89 bits per heavy atom. The van der Waals surface area contributed by atoms with Crippen molar-refractivity contribution in [3.63, 3.8) is 0 Å². The number of aromatic nitrogens is 2. The summed E-state index contributed by atoms with van der Waals surface area (Å²) in [4.78, 5) is 36.1. The molecule has 8 nitrogen and oxygen atoms in total. The first-order chi connectivity index (χ1) is 17.9. The fourth-order valence-electron chi connectivity index (χ4n) is 4.58. The van der Waals surface area contributed by atoms with Crippen molar-refractivity contribution >= 4 is 34.8 Å². The van der Waals surface area contributed by atoms with Crippen LogP contribution in [0.5, 0.6) is 0 Å². The van der Waals surface area contributed by atoms with Gasteiger partial charge in [0, 0.05) is 24.4 Å². The monoisotopic (exact) mass is 497 g/mol. The summed E-state index contributed by atoms with van der Waals surface area (Å²) in [5.74, 6) is -0.801. The van der Waals surface area contributed by atoms with Crippen LogP contribution in [-0.4, -0.2) is 33.1 Å². The van der Waals surface area contributed by atoms with Crippen LogP contribution in [0.3, 0.4) is 0 Å². The minimum Gasteiger partial charge on any atom is -0.424 e. The SMILES string of the molecule is C[C@H](c1ccc(F)cc1)N1C(=O)O[C@](Cc2ccccc2)(c2nc3cc(/C(C=N)=C/N)ccc3[nH]2)C1=O. The lowest BCUT2D eigenvalue weighted by Crippen LogP contribution is -2.42. The summed E-state index contributed by atoms with van der Waals surface area (Å²) in [5, 5.41) is 7.57. The first-order valence-corrected chi connectivity index (χ1v) is 11.7. The van der Waals surface area contributed by atoms with Crippen molar-refractivity contribution in [2.75, 3.05) is 0 Å². The Morgan fingerprint density at radius 3 is 2.57 bits per heavy atom. The van der Waals surface area contributed by atoms with Gasteiger partial charge in [0.2, 0.25) is 0 Å². The van der Waals surface area contributed by atoms with E-state index in [1.54, 1.807) is 25.1 Å². The number of H-pyrrole nitrogens is 1. The van der Waals surface area contributed by atoms with Crippen molar-refractivity contribution in [3.05, 3.63) is 107 Å². The van der Waals surface area contributed by atoms with Gasteiger partial charge in [-0.25, -0.2) is 19.1 Å². The van der Waals surface area contributed by atoms with E-state index in [0.717, 1.165) is 16.7 Å². The Labute approximate surface area is 212 Å². The van der Waals surface area contributed by atoms with Gasteiger partial charge in [-0.05, 0) is 47.9 Å². The molecular formula is C28H24FN5O3. The number of carbonyl (C=O) groups is 2. The average molecular weight is 498 g/mol. The minimum atomic E-state index is -1.74. The van der Waals surface area contributed by atoms with Crippen LogP contribution < -0.4 is 5.73 Å². The molecule has 186 valence electrons. The number of ether oxygens (including phenoxy) is 1. The number of nitrogens with zero attached hydrogens (tertiary/aromatic N) is 2. The van der Waals surface area contributed by atoms with E-state index >= 15 is 0 Å². The Balaban J connectivity index is 1.61. The van der Waals surface area contributed by atoms with Gasteiger partial charge in [0.1, 0.15) is 5.82 Å². The number of fused-ring (bicyclic) bond motifs is 1. The van der Waals surface area contributed by atoms with Gasteiger partial charge < -0.3 is 20.9 Å². The third-order valence-corrected chi connectivity index (χ3v) is 6.59. The van der Waals surface area contributed by atoms with Crippen LogP contribution in [-0.2, 0) is 21.6 Å². The third-order valence-electron chi connectivity index (χ3n) is 6.59. The largest absolute Gasteiger partial charge is 0.424 e. The smallest absolute Gasteiger partial charge is 0.418 e. The van der Waals surface area contributed by atoms with E-state index in [2.05, 4.69) is 9.97 Å². The van der Waals surface area contributed by atoms with Gasteiger partial charge in [0.25, 0.3) is 11.5 Å². The second kappa shape index (κ2) is 9.34. The second-order valence-electron chi connectivity index (χ2n) is 8.84. The molecule has 1 fully saturated rings. The highest BCUT2D eigenvalue weighted by Crippen LogP contribution is 2.41. The van der Waals surface area contributed by atoms with Gasteiger partial charge in [-0.3, -0.25) is 4.79 Å². The molecule has 0 radical (unpaired) electrons. The van der Waals surface area contributed by atoms with Gasteiger partial charge in [-0.1, -0.05) is 48.5 Å². The van der Waals surface area contributed by atoms with Crippen molar-refractivity contribution < 1.29 is 18.7 Å². The quantitative estimate of drug-likeness (QED) is 0.316. The molecule has 1 aromatic heterocycles. The van der Waals surface area contributed by atoms with Crippen LogP contribution in [0.25, 0.3) is 16.6 Å².